The second-order valence-corrected chi connectivity index (χ2v) is 7.55. The largest absolute Gasteiger partial charge is 0.419 e. The van der Waals surface area contributed by atoms with Crippen molar-refractivity contribution in [1.82, 2.24) is 4.98 Å². The molecule has 3 aromatic rings. The van der Waals surface area contributed by atoms with E-state index in [1.807, 2.05) is 6.92 Å². The van der Waals surface area contributed by atoms with E-state index in [1.165, 1.54) is 18.2 Å². The smallest absolute Gasteiger partial charge is 0.378 e. The Morgan fingerprint density at radius 2 is 1.93 bits per heavy atom. The van der Waals surface area contributed by atoms with Gasteiger partial charge in [0, 0.05) is 23.2 Å². The van der Waals surface area contributed by atoms with Crippen molar-refractivity contribution < 1.29 is 22.7 Å². The summed E-state index contributed by atoms with van der Waals surface area (Å²) in [6.45, 7) is 3.40. The molecule has 3 nitrogen and oxygen atoms in total. The van der Waals surface area contributed by atoms with Crippen LogP contribution in [0.15, 0.2) is 54.6 Å². The van der Waals surface area contributed by atoms with Crippen LogP contribution in [0.3, 0.4) is 0 Å². The van der Waals surface area contributed by atoms with Gasteiger partial charge in [0.05, 0.1) is 11.6 Å². The van der Waals surface area contributed by atoms with Gasteiger partial charge in [-0.1, -0.05) is 18.2 Å². The first-order chi connectivity index (χ1) is 14.1. The van der Waals surface area contributed by atoms with Crippen LogP contribution < -0.4 is 5.32 Å². The molecule has 0 radical (unpaired) electrons. The number of pyridine rings is 1. The molecule has 0 saturated carbocycles. The summed E-state index contributed by atoms with van der Waals surface area (Å²) in [6, 6.07) is 10.7. The average molecular weight is 416 g/mol. The van der Waals surface area contributed by atoms with E-state index in [0.717, 1.165) is 11.8 Å². The first-order valence-corrected chi connectivity index (χ1v) is 9.51. The predicted octanol–water partition coefficient (Wildman–Crippen LogP) is 5.94. The molecule has 2 aromatic carbocycles. The maximum Gasteiger partial charge on any atom is 0.419 e. The zero-order valence-electron chi connectivity index (χ0n) is 16.4. The van der Waals surface area contributed by atoms with Crippen LogP contribution in [0.4, 0.5) is 23.2 Å². The topological polar surface area (TPSA) is 45.1 Å². The van der Waals surface area contributed by atoms with Crippen LogP contribution in [0.5, 0.6) is 0 Å². The zero-order chi connectivity index (χ0) is 21.7. The maximum atomic E-state index is 14.1. The van der Waals surface area contributed by atoms with Crippen molar-refractivity contribution in [2.24, 2.45) is 0 Å². The number of fused-ring (bicyclic) bond motifs is 2. The summed E-state index contributed by atoms with van der Waals surface area (Å²) in [5.41, 5.74) is -0.460. The molecule has 0 saturated heterocycles. The molecule has 0 fully saturated rings. The summed E-state index contributed by atoms with van der Waals surface area (Å²) in [5.74, 6) is -0.547. The lowest BCUT2D eigenvalue weighted by Crippen LogP contribution is -2.54. The number of nitrogens with one attached hydrogen (secondary N) is 1. The minimum absolute atomic E-state index is 0.188. The van der Waals surface area contributed by atoms with Crippen LogP contribution in [-0.2, 0) is 0 Å². The Kier molecular flexibility index (Phi) is 4.81. The van der Waals surface area contributed by atoms with Crippen LogP contribution in [-0.4, -0.2) is 21.9 Å². The summed E-state index contributed by atoms with van der Waals surface area (Å²) in [5, 5.41) is 14.5. The molecule has 2 unspecified atom stereocenters. The van der Waals surface area contributed by atoms with Crippen LogP contribution >= 0.6 is 0 Å². The number of aryl methyl sites for hydroxylation is 1. The van der Waals surface area contributed by atoms with Gasteiger partial charge in [0.25, 0.3) is 0 Å². The number of nitrogens with zero attached hydrogens (tertiary/aromatic N) is 1. The highest BCUT2D eigenvalue weighted by atomic mass is 19.4. The lowest BCUT2D eigenvalue weighted by Gasteiger charge is -2.43. The minimum Gasteiger partial charge on any atom is -0.378 e. The molecule has 1 aliphatic rings. The highest BCUT2D eigenvalue weighted by Crippen LogP contribution is 2.52. The highest BCUT2D eigenvalue weighted by Gasteiger charge is 2.61. The molecule has 0 aliphatic heterocycles. The lowest BCUT2D eigenvalue weighted by molar-refractivity contribution is -0.265. The van der Waals surface area contributed by atoms with Gasteiger partial charge in [-0.15, -0.1) is 0 Å². The van der Waals surface area contributed by atoms with Crippen LogP contribution in [0.1, 0.15) is 36.2 Å². The van der Waals surface area contributed by atoms with Gasteiger partial charge in [-0.25, -0.2) is 4.39 Å². The van der Waals surface area contributed by atoms with Crippen molar-refractivity contribution >= 4 is 22.2 Å². The second-order valence-electron chi connectivity index (χ2n) is 7.55. The monoisotopic (exact) mass is 416 g/mol. The number of rotatable bonds is 2. The maximum absolute atomic E-state index is 14.1. The number of anilines is 1. The summed E-state index contributed by atoms with van der Waals surface area (Å²) in [4.78, 5) is 4.41. The van der Waals surface area contributed by atoms with Gasteiger partial charge in [0.15, 0.2) is 5.60 Å². The van der Waals surface area contributed by atoms with Crippen LogP contribution in [0, 0.1) is 12.7 Å². The lowest BCUT2D eigenvalue weighted by atomic mass is 9.73. The number of hydrogen-bond acceptors (Lipinski definition) is 3. The molecule has 2 N–H and O–H groups in total. The van der Waals surface area contributed by atoms with Crippen LogP contribution in [0.25, 0.3) is 16.5 Å². The molecular weight excluding hydrogens is 396 g/mol. The summed E-state index contributed by atoms with van der Waals surface area (Å²) in [7, 11) is 0. The summed E-state index contributed by atoms with van der Waals surface area (Å²) in [6.07, 6.45) is -4.11. The Labute approximate surface area is 171 Å². The minimum atomic E-state index is -4.91. The third kappa shape index (κ3) is 3.23. The molecule has 1 aromatic heterocycles. The van der Waals surface area contributed by atoms with Gasteiger partial charge in [0.1, 0.15) is 5.82 Å². The Morgan fingerprint density at radius 1 is 1.17 bits per heavy atom. The van der Waals surface area contributed by atoms with E-state index in [4.69, 9.17) is 0 Å². The molecule has 0 spiro atoms. The van der Waals surface area contributed by atoms with Gasteiger partial charge in [-0.2, -0.15) is 13.2 Å². The van der Waals surface area contributed by atoms with Crippen molar-refractivity contribution in [2.75, 3.05) is 5.32 Å². The summed E-state index contributed by atoms with van der Waals surface area (Å²) >= 11 is 0. The molecule has 4 rings (SSSR count). The van der Waals surface area contributed by atoms with Crippen molar-refractivity contribution in [1.29, 1.82) is 0 Å². The van der Waals surface area contributed by atoms with E-state index in [-0.39, 0.29) is 11.1 Å². The SMILES string of the molecule is C/C=C1/CC(O)(C(F)(F)F)C(Nc2cccc3nc(C)ccc23)c2ccc(F)cc21. The highest BCUT2D eigenvalue weighted by molar-refractivity contribution is 5.92. The number of halogens is 4. The average Bonchev–Trinajstić information content (AvgIpc) is 2.68. The predicted molar refractivity (Wildman–Crippen MR) is 109 cm³/mol. The van der Waals surface area contributed by atoms with Gasteiger partial charge in [-0.05, 0) is 66.9 Å². The molecule has 30 heavy (non-hydrogen) atoms. The van der Waals surface area contributed by atoms with Gasteiger partial charge >= 0.3 is 6.18 Å². The quantitative estimate of drug-likeness (QED) is 0.509. The Balaban J connectivity index is 1.92. The number of alkyl halides is 3. The molecule has 0 bridgehead atoms. The first kappa shape index (κ1) is 20.3. The Morgan fingerprint density at radius 3 is 2.63 bits per heavy atom. The van der Waals surface area contributed by atoms with E-state index >= 15 is 0 Å². The normalized spacial score (nSPS) is 22.9. The molecule has 156 valence electrons. The number of allylic oxidation sites excluding steroid dienone is 1. The number of hydrogen-bond donors (Lipinski definition) is 2. The van der Waals surface area contributed by atoms with E-state index in [1.54, 1.807) is 37.3 Å². The van der Waals surface area contributed by atoms with E-state index < -0.39 is 30.1 Å². The second kappa shape index (κ2) is 7.09. The van der Waals surface area contributed by atoms with Gasteiger partial charge in [-0.3, -0.25) is 4.98 Å². The number of aromatic nitrogens is 1. The van der Waals surface area contributed by atoms with Gasteiger partial charge in [0.2, 0.25) is 0 Å². The fraction of sp³-hybridized carbons (Fsp3) is 0.261. The fourth-order valence-electron chi connectivity index (χ4n) is 4.06. The third-order valence-corrected chi connectivity index (χ3v) is 5.62. The van der Waals surface area contributed by atoms with E-state index in [9.17, 15) is 22.7 Å². The Hall–Kier alpha value is -2.93. The van der Waals surface area contributed by atoms with E-state index in [2.05, 4.69) is 10.3 Å². The molecule has 1 aliphatic carbocycles. The standard InChI is InChI=1S/C23H20F4N2O/c1-3-14-12-22(30,23(25,26)27)21(16-10-8-15(24)11-18(14)16)29-20-6-4-5-19-17(20)9-7-13(2)28-19/h3-11,21,29-30H,12H2,1-2H3/b14-3-. The molecule has 0 amide bonds. The first-order valence-electron chi connectivity index (χ1n) is 9.51. The Bertz CT molecular complexity index is 1160. The van der Waals surface area contributed by atoms with Crippen molar-refractivity contribution in [3.05, 3.63) is 77.2 Å². The van der Waals surface area contributed by atoms with E-state index in [0.29, 0.717) is 22.2 Å². The third-order valence-electron chi connectivity index (χ3n) is 5.62. The number of aliphatic hydroxyl groups is 1. The zero-order valence-corrected chi connectivity index (χ0v) is 16.4. The van der Waals surface area contributed by atoms with Crippen LogP contribution in [0.2, 0.25) is 0 Å². The molecule has 7 heteroatoms. The molecule has 2 atom stereocenters. The number of benzene rings is 2. The van der Waals surface area contributed by atoms with Crippen molar-refractivity contribution in [3.63, 3.8) is 0 Å². The molecular formula is C23H20F4N2O. The van der Waals surface area contributed by atoms with Crippen molar-refractivity contribution in [3.8, 4) is 0 Å². The molecule has 1 heterocycles. The summed E-state index contributed by atoms with van der Waals surface area (Å²) < 4.78 is 56.3. The van der Waals surface area contributed by atoms with Gasteiger partial charge < -0.3 is 10.4 Å². The fourth-order valence-corrected chi connectivity index (χ4v) is 4.06. The van der Waals surface area contributed by atoms with Crippen molar-refractivity contribution in [2.45, 2.75) is 38.1 Å².